The van der Waals surface area contributed by atoms with E-state index in [-0.39, 0.29) is 12.3 Å². The van der Waals surface area contributed by atoms with Crippen molar-refractivity contribution in [3.63, 3.8) is 0 Å². The number of nitrogens with two attached hydrogens (primary N) is 1. The summed E-state index contributed by atoms with van der Waals surface area (Å²) in [5.74, 6) is -0.327. The summed E-state index contributed by atoms with van der Waals surface area (Å²) in [5.41, 5.74) is 12.4. The van der Waals surface area contributed by atoms with Crippen molar-refractivity contribution in [1.29, 1.82) is 0 Å². The zero-order valence-electron chi connectivity index (χ0n) is 15.5. The summed E-state index contributed by atoms with van der Waals surface area (Å²) in [5, 5.41) is 11.4. The molecule has 5 heteroatoms. The van der Waals surface area contributed by atoms with Gasteiger partial charge in [-0.25, -0.2) is 0 Å². The second kappa shape index (κ2) is 7.64. The van der Waals surface area contributed by atoms with Gasteiger partial charge in [0, 0.05) is 27.8 Å². The normalized spacial score (nSPS) is 12.8. The van der Waals surface area contributed by atoms with Crippen LogP contribution in [0.2, 0.25) is 5.02 Å². The molecule has 1 heterocycles. The van der Waals surface area contributed by atoms with Crippen LogP contribution >= 0.6 is 11.6 Å². The van der Waals surface area contributed by atoms with Crippen molar-refractivity contribution in [3.05, 3.63) is 87.6 Å². The molecule has 1 amide bonds. The molecule has 1 aromatic heterocycles. The van der Waals surface area contributed by atoms with Crippen LogP contribution in [0.15, 0.2) is 54.6 Å². The summed E-state index contributed by atoms with van der Waals surface area (Å²) < 4.78 is 1.33. The van der Waals surface area contributed by atoms with Crippen molar-refractivity contribution in [1.82, 2.24) is 0 Å². The third-order valence-electron chi connectivity index (χ3n) is 5.29. The Morgan fingerprint density at radius 2 is 1.82 bits per heavy atom. The third-order valence-corrected chi connectivity index (χ3v) is 5.52. The lowest BCUT2D eigenvalue weighted by Crippen LogP contribution is -2.38. The fourth-order valence-electron chi connectivity index (χ4n) is 3.97. The molecule has 0 aliphatic heterocycles. The maximum atomic E-state index is 11.1. The minimum Gasteiger partial charge on any atom is -0.369 e. The lowest BCUT2D eigenvalue weighted by molar-refractivity contribution is -0.901. The Hall–Kier alpha value is -2.85. The fraction of sp³-hybridized carbons (Fsp3) is 0.217. The van der Waals surface area contributed by atoms with Crippen LogP contribution in [0.5, 0.6) is 0 Å². The predicted molar refractivity (Wildman–Crippen MR) is 108 cm³/mol. The number of primary amides is 1. The summed E-state index contributed by atoms with van der Waals surface area (Å²) in [6, 6.07) is 17.6. The number of pyridine rings is 1. The van der Waals surface area contributed by atoms with E-state index in [1.165, 1.54) is 15.9 Å². The molecule has 0 atom stereocenters. The molecule has 142 valence electrons. The van der Waals surface area contributed by atoms with E-state index < -0.39 is 0 Å². The number of hydrogen-bond donors (Lipinski definition) is 2. The average Bonchev–Trinajstić information content (AvgIpc) is 3.16. The Labute approximate surface area is 169 Å². The van der Waals surface area contributed by atoms with Crippen LogP contribution in [-0.4, -0.2) is 11.1 Å². The van der Waals surface area contributed by atoms with Crippen molar-refractivity contribution in [2.24, 2.45) is 5.73 Å². The number of halogens is 1. The highest BCUT2D eigenvalue weighted by atomic mass is 35.5. The van der Waals surface area contributed by atoms with Gasteiger partial charge in [0.05, 0.1) is 12.0 Å². The molecule has 3 N–H and O–H groups in total. The van der Waals surface area contributed by atoms with Gasteiger partial charge < -0.3 is 5.73 Å². The van der Waals surface area contributed by atoms with Gasteiger partial charge in [0.2, 0.25) is 11.6 Å². The first kappa shape index (κ1) is 18.5. The first-order valence-corrected chi connectivity index (χ1v) is 9.80. The summed E-state index contributed by atoms with van der Waals surface area (Å²) in [4.78, 5) is 11.1. The second-order valence-corrected chi connectivity index (χ2v) is 7.73. The van der Waals surface area contributed by atoms with E-state index in [0.29, 0.717) is 5.02 Å². The van der Waals surface area contributed by atoms with E-state index in [4.69, 9.17) is 17.3 Å². The minimum absolute atomic E-state index is 0.254. The second-order valence-electron chi connectivity index (χ2n) is 7.29. The Bertz CT molecular complexity index is 1050. The molecule has 0 unspecified atom stereocenters. The molecule has 2 aromatic carbocycles. The fourth-order valence-corrected chi connectivity index (χ4v) is 4.16. The van der Waals surface area contributed by atoms with Crippen LogP contribution < -0.4 is 10.5 Å². The van der Waals surface area contributed by atoms with E-state index in [2.05, 4.69) is 6.07 Å². The Morgan fingerprint density at radius 1 is 1.07 bits per heavy atom. The average molecular weight is 394 g/mol. The van der Waals surface area contributed by atoms with Crippen molar-refractivity contribution in [2.45, 2.75) is 32.1 Å². The van der Waals surface area contributed by atoms with E-state index in [0.717, 1.165) is 53.8 Å². The maximum Gasteiger partial charge on any atom is 0.265 e. The molecule has 0 saturated heterocycles. The molecule has 4 nitrogen and oxygen atoms in total. The smallest absolute Gasteiger partial charge is 0.265 e. The van der Waals surface area contributed by atoms with E-state index in [1.807, 2.05) is 48.5 Å². The largest absolute Gasteiger partial charge is 0.369 e. The molecule has 0 bridgehead atoms. The maximum absolute atomic E-state index is 11.1. The molecular weight excluding hydrogens is 372 g/mol. The van der Waals surface area contributed by atoms with Gasteiger partial charge in [0.15, 0.2) is 0 Å². The van der Waals surface area contributed by atoms with E-state index in [9.17, 15) is 10.0 Å². The summed E-state index contributed by atoms with van der Waals surface area (Å²) in [6.45, 7) is 0. The number of nitrogens with zero attached hydrogens (tertiary/aromatic N) is 1. The topological polar surface area (TPSA) is 67.2 Å². The van der Waals surface area contributed by atoms with Gasteiger partial charge in [-0.3, -0.25) is 10.0 Å². The molecule has 3 aromatic rings. The van der Waals surface area contributed by atoms with Crippen molar-refractivity contribution >= 4 is 17.5 Å². The third kappa shape index (κ3) is 3.73. The summed E-state index contributed by atoms with van der Waals surface area (Å²) in [7, 11) is 0. The van der Waals surface area contributed by atoms with Crippen LogP contribution in [0.4, 0.5) is 0 Å². The summed E-state index contributed by atoms with van der Waals surface area (Å²) >= 11 is 6.16. The highest BCUT2D eigenvalue weighted by Crippen LogP contribution is 2.29. The lowest BCUT2D eigenvalue weighted by atomic mass is 9.96. The number of fused-ring (bicyclic) bond motifs is 1. The Morgan fingerprint density at radius 3 is 2.54 bits per heavy atom. The molecule has 0 radical (unpaired) electrons. The molecule has 1 aliphatic rings. The van der Waals surface area contributed by atoms with Gasteiger partial charge in [-0.2, -0.15) is 0 Å². The number of carbonyl (C=O) groups excluding carboxylic acids is 1. The van der Waals surface area contributed by atoms with E-state index in [1.54, 1.807) is 0 Å². The standard InChI is InChI=1S/C23H21ClN2O2/c24-19-4-1-3-17(13-19)22-14-18(20-5-2-6-21(20)26(22)28)11-15-7-9-16(10-8-15)12-23(25)27/h1,3-4,7-10,13-14H,2,5-6,11-12H2,(H2-,25,27,28)/p+1. The monoisotopic (exact) mass is 393 g/mol. The zero-order valence-corrected chi connectivity index (χ0v) is 16.2. The number of rotatable bonds is 5. The number of benzene rings is 2. The predicted octanol–water partition coefficient (Wildman–Crippen LogP) is 3.64. The van der Waals surface area contributed by atoms with Gasteiger partial charge in [-0.15, -0.1) is 0 Å². The highest BCUT2D eigenvalue weighted by Gasteiger charge is 2.30. The van der Waals surface area contributed by atoms with Crippen LogP contribution in [0.3, 0.4) is 0 Å². The van der Waals surface area contributed by atoms with Gasteiger partial charge in [0.25, 0.3) is 5.69 Å². The van der Waals surface area contributed by atoms with Gasteiger partial charge in [-0.1, -0.05) is 41.9 Å². The molecule has 28 heavy (non-hydrogen) atoms. The lowest BCUT2D eigenvalue weighted by Gasteiger charge is -2.10. The highest BCUT2D eigenvalue weighted by molar-refractivity contribution is 6.30. The van der Waals surface area contributed by atoms with Crippen molar-refractivity contribution in [2.75, 3.05) is 0 Å². The van der Waals surface area contributed by atoms with Gasteiger partial charge in [0.1, 0.15) is 0 Å². The van der Waals surface area contributed by atoms with Crippen LogP contribution in [-0.2, 0) is 30.5 Å². The van der Waals surface area contributed by atoms with Crippen molar-refractivity contribution in [3.8, 4) is 11.3 Å². The van der Waals surface area contributed by atoms with Gasteiger partial charge in [-0.05, 0) is 54.2 Å². The Kier molecular flexibility index (Phi) is 5.05. The first-order valence-electron chi connectivity index (χ1n) is 9.42. The van der Waals surface area contributed by atoms with Crippen LogP contribution in [0.25, 0.3) is 11.3 Å². The molecule has 4 rings (SSSR count). The number of amides is 1. The summed E-state index contributed by atoms with van der Waals surface area (Å²) in [6.07, 6.45) is 3.91. The van der Waals surface area contributed by atoms with E-state index >= 15 is 0 Å². The van der Waals surface area contributed by atoms with Crippen LogP contribution in [0.1, 0.15) is 34.4 Å². The quantitative estimate of drug-likeness (QED) is 0.513. The minimum atomic E-state index is -0.327. The molecule has 0 saturated carbocycles. The molecule has 1 aliphatic carbocycles. The molecular formula is C23H22ClN2O2+. The SMILES string of the molecule is NC(=O)Cc1ccc(Cc2cc(-c3cccc(Cl)c3)[n+](O)c3c2CCC3)cc1. The Balaban J connectivity index is 1.72. The molecule has 0 fully saturated rings. The molecule has 0 spiro atoms. The van der Waals surface area contributed by atoms with Crippen molar-refractivity contribution < 1.29 is 14.7 Å². The number of aromatic nitrogens is 1. The van der Waals surface area contributed by atoms with Gasteiger partial charge >= 0.3 is 0 Å². The first-order chi connectivity index (χ1) is 13.5. The number of carbonyl (C=O) groups is 1. The van der Waals surface area contributed by atoms with Crippen LogP contribution in [0, 0.1) is 0 Å². The number of hydrogen-bond acceptors (Lipinski definition) is 2. The zero-order chi connectivity index (χ0) is 19.7.